The SMILES string of the molecule is C=Cc1ccc(NN2Cc3ccccc3C2C(=O)C=O)cc1. The Hall–Kier alpha value is -2.72. The van der Waals surface area contributed by atoms with E-state index in [0.717, 1.165) is 22.4 Å². The molecule has 1 heterocycles. The second kappa shape index (κ2) is 5.95. The third-order valence-corrected chi connectivity index (χ3v) is 3.81. The van der Waals surface area contributed by atoms with Gasteiger partial charge < -0.3 is 5.43 Å². The molecule has 1 atom stereocenters. The lowest BCUT2D eigenvalue weighted by Gasteiger charge is -2.24. The van der Waals surface area contributed by atoms with Crippen LogP contribution in [-0.4, -0.2) is 17.1 Å². The summed E-state index contributed by atoms with van der Waals surface area (Å²) < 4.78 is 0. The summed E-state index contributed by atoms with van der Waals surface area (Å²) in [6, 6.07) is 14.8. The molecule has 0 bridgehead atoms. The maximum absolute atomic E-state index is 12.0. The Balaban J connectivity index is 1.87. The first kappa shape index (κ1) is 14.2. The Morgan fingerprint density at radius 2 is 1.91 bits per heavy atom. The van der Waals surface area contributed by atoms with E-state index < -0.39 is 11.8 Å². The molecule has 1 aliphatic rings. The van der Waals surface area contributed by atoms with Crippen LogP contribution in [0.2, 0.25) is 0 Å². The molecular formula is C18H16N2O2. The van der Waals surface area contributed by atoms with E-state index in [1.165, 1.54) is 0 Å². The van der Waals surface area contributed by atoms with Gasteiger partial charge in [0.05, 0.1) is 0 Å². The van der Waals surface area contributed by atoms with Crippen molar-refractivity contribution in [2.45, 2.75) is 12.6 Å². The van der Waals surface area contributed by atoms with Gasteiger partial charge in [0.2, 0.25) is 5.78 Å². The molecule has 0 aliphatic carbocycles. The van der Waals surface area contributed by atoms with Crippen molar-refractivity contribution in [2.24, 2.45) is 0 Å². The minimum Gasteiger partial charge on any atom is -0.318 e. The third kappa shape index (κ3) is 2.56. The number of carbonyl (C=O) groups excluding carboxylic acids is 2. The molecule has 110 valence electrons. The summed E-state index contributed by atoms with van der Waals surface area (Å²) in [4.78, 5) is 23.0. The van der Waals surface area contributed by atoms with Gasteiger partial charge in [-0.3, -0.25) is 9.59 Å². The van der Waals surface area contributed by atoms with E-state index in [4.69, 9.17) is 0 Å². The fraction of sp³-hybridized carbons (Fsp3) is 0.111. The summed E-state index contributed by atoms with van der Waals surface area (Å²) >= 11 is 0. The lowest BCUT2D eigenvalue weighted by Crippen LogP contribution is -2.33. The number of ketones is 1. The first-order valence-electron chi connectivity index (χ1n) is 7.05. The molecule has 1 unspecified atom stereocenters. The van der Waals surface area contributed by atoms with Crippen LogP contribution in [0.15, 0.2) is 55.1 Å². The Kier molecular flexibility index (Phi) is 3.85. The van der Waals surface area contributed by atoms with Crippen LogP contribution in [0.4, 0.5) is 5.69 Å². The molecule has 4 nitrogen and oxygen atoms in total. The highest BCUT2D eigenvalue weighted by Crippen LogP contribution is 2.34. The highest BCUT2D eigenvalue weighted by atomic mass is 16.2. The maximum Gasteiger partial charge on any atom is 0.218 e. The fourth-order valence-corrected chi connectivity index (χ4v) is 2.72. The molecule has 0 radical (unpaired) electrons. The van der Waals surface area contributed by atoms with Crippen LogP contribution in [0.25, 0.3) is 6.08 Å². The van der Waals surface area contributed by atoms with Crippen molar-refractivity contribution in [3.63, 3.8) is 0 Å². The summed E-state index contributed by atoms with van der Waals surface area (Å²) in [5, 5.41) is 1.80. The van der Waals surface area contributed by atoms with Crippen LogP contribution < -0.4 is 5.43 Å². The highest BCUT2D eigenvalue weighted by molar-refractivity contribution is 6.27. The van der Waals surface area contributed by atoms with E-state index in [9.17, 15) is 9.59 Å². The number of hydrazine groups is 1. The van der Waals surface area contributed by atoms with E-state index in [2.05, 4.69) is 12.0 Å². The third-order valence-electron chi connectivity index (χ3n) is 3.81. The molecule has 2 aromatic carbocycles. The minimum atomic E-state index is -0.576. The van der Waals surface area contributed by atoms with Crippen LogP contribution in [0.5, 0.6) is 0 Å². The summed E-state index contributed by atoms with van der Waals surface area (Å²) in [6.45, 7) is 4.30. The molecule has 0 saturated heterocycles. The molecule has 1 N–H and O–H groups in total. The first-order valence-corrected chi connectivity index (χ1v) is 7.05. The molecule has 0 aromatic heterocycles. The Morgan fingerprint density at radius 1 is 1.18 bits per heavy atom. The zero-order valence-corrected chi connectivity index (χ0v) is 12.0. The Labute approximate surface area is 129 Å². The van der Waals surface area contributed by atoms with Crippen molar-refractivity contribution in [1.82, 2.24) is 5.01 Å². The van der Waals surface area contributed by atoms with Crippen molar-refractivity contribution in [2.75, 3.05) is 5.43 Å². The molecule has 0 saturated carbocycles. The zero-order valence-electron chi connectivity index (χ0n) is 12.0. The van der Waals surface area contributed by atoms with Crippen LogP contribution in [0, 0.1) is 0 Å². The van der Waals surface area contributed by atoms with Gasteiger partial charge in [0, 0.05) is 12.2 Å². The fourth-order valence-electron chi connectivity index (χ4n) is 2.72. The van der Waals surface area contributed by atoms with E-state index >= 15 is 0 Å². The summed E-state index contributed by atoms with van der Waals surface area (Å²) in [5.74, 6) is -0.444. The standard InChI is InChI=1S/C18H16N2O2/c1-2-13-7-9-15(10-8-13)19-20-11-14-5-3-4-6-16(14)18(20)17(22)12-21/h2-10,12,18-19H,1,11H2. The van der Waals surface area contributed by atoms with Gasteiger partial charge in [0.15, 0.2) is 6.29 Å². The number of hydrogen-bond donors (Lipinski definition) is 1. The van der Waals surface area contributed by atoms with Gasteiger partial charge in [-0.1, -0.05) is 49.1 Å². The van der Waals surface area contributed by atoms with Gasteiger partial charge in [-0.15, -0.1) is 0 Å². The second-order valence-corrected chi connectivity index (χ2v) is 5.19. The quantitative estimate of drug-likeness (QED) is 0.680. The van der Waals surface area contributed by atoms with Gasteiger partial charge in [0.25, 0.3) is 0 Å². The number of hydrogen-bond acceptors (Lipinski definition) is 4. The van der Waals surface area contributed by atoms with Crippen molar-refractivity contribution in [1.29, 1.82) is 0 Å². The minimum absolute atomic E-state index is 0.391. The topological polar surface area (TPSA) is 49.4 Å². The van der Waals surface area contributed by atoms with Crippen molar-refractivity contribution >= 4 is 23.8 Å². The number of benzene rings is 2. The van der Waals surface area contributed by atoms with Crippen molar-refractivity contribution in [3.05, 3.63) is 71.8 Å². The number of nitrogens with zero attached hydrogens (tertiary/aromatic N) is 1. The number of fused-ring (bicyclic) bond motifs is 1. The number of aldehydes is 1. The smallest absolute Gasteiger partial charge is 0.218 e. The second-order valence-electron chi connectivity index (χ2n) is 5.19. The van der Waals surface area contributed by atoms with Crippen molar-refractivity contribution in [3.8, 4) is 0 Å². The van der Waals surface area contributed by atoms with Crippen LogP contribution in [0.3, 0.4) is 0 Å². The van der Waals surface area contributed by atoms with Crippen LogP contribution >= 0.6 is 0 Å². The van der Waals surface area contributed by atoms with E-state index in [0.29, 0.717) is 12.8 Å². The highest BCUT2D eigenvalue weighted by Gasteiger charge is 2.35. The first-order chi connectivity index (χ1) is 10.7. The number of carbonyl (C=O) groups is 2. The summed E-state index contributed by atoms with van der Waals surface area (Å²) in [5.41, 5.74) is 7.05. The van der Waals surface area contributed by atoms with Gasteiger partial charge in [-0.2, -0.15) is 0 Å². The van der Waals surface area contributed by atoms with Gasteiger partial charge in [-0.25, -0.2) is 5.01 Å². The lowest BCUT2D eigenvalue weighted by atomic mass is 10.0. The number of Topliss-reactive ketones (excluding diaryl/α,β-unsaturated/α-hetero) is 1. The van der Waals surface area contributed by atoms with Gasteiger partial charge >= 0.3 is 0 Å². The Bertz CT molecular complexity index is 722. The predicted octanol–water partition coefficient (Wildman–Crippen LogP) is 2.98. The maximum atomic E-state index is 12.0. The van der Waals surface area contributed by atoms with E-state index in [1.807, 2.05) is 48.5 Å². The molecule has 1 aliphatic heterocycles. The van der Waals surface area contributed by atoms with Gasteiger partial charge in [0.1, 0.15) is 6.04 Å². The normalized spacial score (nSPS) is 16.8. The Morgan fingerprint density at radius 3 is 2.59 bits per heavy atom. The van der Waals surface area contributed by atoms with Crippen LogP contribution in [0.1, 0.15) is 22.7 Å². The molecule has 3 rings (SSSR count). The average molecular weight is 292 g/mol. The van der Waals surface area contributed by atoms with Crippen molar-refractivity contribution < 1.29 is 9.59 Å². The predicted molar refractivity (Wildman–Crippen MR) is 86.0 cm³/mol. The number of anilines is 1. The van der Waals surface area contributed by atoms with E-state index in [1.54, 1.807) is 11.1 Å². The molecule has 2 aromatic rings. The average Bonchev–Trinajstić information content (AvgIpc) is 2.92. The molecule has 0 spiro atoms. The summed E-state index contributed by atoms with van der Waals surface area (Å²) in [6.07, 6.45) is 2.16. The molecule has 0 fully saturated rings. The monoisotopic (exact) mass is 292 g/mol. The molecule has 4 heteroatoms. The zero-order chi connectivity index (χ0) is 15.5. The lowest BCUT2D eigenvalue weighted by molar-refractivity contribution is -0.133. The number of nitrogens with one attached hydrogen (secondary N) is 1. The van der Waals surface area contributed by atoms with E-state index in [-0.39, 0.29) is 0 Å². The molecular weight excluding hydrogens is 276 g/mol. The van der Waals surface area contributed by atoms with Crippen LogP contribution in [-0.2, 0) is 16.1 Å². The molecule has 0 amide bonds. The summed E-state index contributed by atoms with van der Waals surface area (Å²) in [7, 11) is 0. The largest absolute Gasteiger partial charge is 0.318 e. The van der Waals surface area contributed by atoms with Gasteiger partial charge in [-0.05, 0) is 28.8 Å². The molecule has 22 heavy (non-hydrogen) atoms. The number of rotatable bonds is 5.